The predicted octanol–water partition coefficient (Wildman–Crippen LogP) is 3.14. The zero-order chi connectivity index (χ0) is 9.56. The van der Waals surface area contributed by atoms with E-state index in [0.717, 1.165) is 6.42 Å². The van der Waals surface area contributed by atoms with E-state index in [0.29, 0.717) is 12.5 Å². The van der Waals surface area contributed by atoms with Crippen molar-refractivity contribution in [3.05, 3.63) is 11.1 Å². The second-order valence-corrected chi connectivity index (χ2v) is 3.94. The molecule has 72 valence electrons. The van der Waals surface area contributed by atoms with Gasteiger partial charge in [-0.1, -0.05) is 18.1 Å². The Morgan fingerprint density at radius 1 is 1.17 bits per heavy atom. The molecular formula is C11H22O. The second-order valence-electron chi connectivity index (χ2n) is 3.94. The molecule has 0 radical (unpaired) electrons. The number of aliphatic hydroxyl groups is 1. The quantitative estimate of drug-likeness (QED) is 0.628. The summed E-state index contributed by atoms with van der Waals surface area (Å²) in [6, 6.07) is 0. The summed E-state index contributed by atoms with van der Waals surface area (Å²) in [4.78, 5) is 0. The molecule has 0 unspecified atom stereocenters. The van der Waals surface area contributed by atoms with Gasteiger partial charge in [-0.2, -0.15) is 0 Å². The molecule has 1 heteroatoms. The average molecular weight is 170 g/mol. The Kier molecular flexibility index (Phi) is 6.09. The molecule has 0 aliphatic rings. The lowest BCUT2D eigenvalue weighted by molar-refractivity contribution is 0.258. The Bertz CT molecular complexity index is 143. The lowest BCUT2D eigenvalue weighted by atomic mass is 9.97. The van der Waals surface area contributed by atoms with Crippen molar-refractivity contribution in [1.82, 2.24) is 0 Å². The van der Waals surface area contributed by atoms with E-state index in [4.69, 9.17) is 5.11 Å². The van der Waals surface area contributed by atoms with Crippen LogP contribution in [0.1, 0.15) is 47.0 Å². The Labute approximate surface area is 76.5 Å². The molecule has 1 nitrogen and oxygen atoms in total. The third-order valence-corrected chi connectivity index (χ3v) is 2.49. The maximum absolute atomic E-state index is 8.70. The monoisotopic (exact) mass is 170 g/mol. The Hall–Kier alpha value is -0.300. The van der Waals surface area contributed by atoms with Gasteiger partial charge in [-0.05, 0) is 46.0 Å². The second kappa shape index (κ2) is 6.24. The molecule has 0 amide bonds. The molecule has 0 bridgehead atoms. The van der Waals surface area contributed by atoms with Gasteiger partial charge in [-0.15, -0.1) is 0 Å². The van der Waals surface area contributed by atoms with Gasteiger partial charge in [0.05, 0.1) is 0 Å². The molecule has 0 aromatic carbocycles. The topological polar surface area (TPSA) is 20.2 Å². The van der Waals surface area contributed by atoms with Crippen molar-refractivity contribution < 1.29 is 5.11 Å². The number of aliphatic hydroxyl groups excluding tert-OH is 1. The fraction of sp³-hybridized carbons (Fsp3) is 0.818. The third kappa shape index (κ3) is 5.36. The van der Waals surface area contributed by atoms with Crippen LogP contribution in [0.25, 0.3) is 0 Å². The summed E-state index contributed by atoms with van der Waals surface area (Å²) in [5.41, 5.74) is 2.94. The molecule has 0 saturated heterocycles. The number of rotatable bonds is 5. The molecule has 0 aliphatic heterocycles. The summed E-state index contributed by atoms with van der Waals surface area (Å²) < 4.78 is 0. The smallest absolute Gasteiger partial charge is 0.0433 e. The number of hydrogen-bond acceptors (Lipinski definition) is 1. The number of hydrogen-bond donors (Lipinski definition) is 1. The lowest BCUT2D eigenvalue weighted by Gasteiger charge is -2.10. The normalized spacial score (nSPS) is 12.8. The SMILES string of the molecule is CC(C)=C(C)CC[C@@H](C)CCO. The molecular weight excluding hydrogens is 148 g/mol. The zero-order valence-electron chi connectivity index (χ0n) is 8.85. The lowest BCUT2D eigenvalue weighted by Crippen LogP contribution is -1.98. The summed E-state index contributed by atoms with van der Waals surface area (Å²) in [6.07, 6.45) is 3.33. The van der Waals surface area contributed by atoms with Crippen LogP contribution >= 0.6 is 0 Å². The maximum Gasteiger partial charge on any atom is 0.0433 e. The van der Waals surface area contributed by atoms with Crippen LogP contribution in [0.15, 0.2) is 11.1 Å². The molecule has 0 aliphatic carbocycles. The first kappa shape index (κ1) is 11.7. The van der Waals surface area contributed by atoms with Crippen LogP contribution in [0.2, 0.25) is 0 Å². The maximum atomic E-state index is 8.70. The summed E-state index contributed by atoms with van der Waals surface area (Å²) in [6.45, 7) is 9.04. The molecule has 12 heavy (non-hydrogen) atoms. The van der Waals surface area contributed by atoms with Gasteiger partial charge in [-0.25, -0.2) is 0 Å². The van der Waals surface area contributed by atoms with Crippen molar-refractivity contribution >= 4 is 0 Å². The van der Waals surface area contributed by atoms with E-state index in [1.807, 2.05) is 0 Å². The van der Waals surface area contributed by atoms with Crippen molar-refractivity contribution in [3.8, 4) is 0 Å². The summed E-state index contributed by atoms with van der Waals surface area (Å²) in [5.74, 6) is 0.657. The molecule has 1 atom stereocenters. The van der Waals surface area contributed by atoms with Gasteiger partial charge in [0.25, 0.3) is 0 Å². The van der Waals surface area contributed by atoms with Crippen molar-refractivity contribution in [1.29, 1.82) is 0 Å². The number of allylic oxidation sites excluding steroid dienone is 2. The van der Waals surface area contributed by atoms with Crippen LogP contribution in [-0.4, -0.2) is 11.7 Å². The third-order valence-electron chi connectivity index (χ3n) is 2.49. The minimum atomic E-state index is 0.328. The van der Waals surface area contributed by atoms with Crippen LogP contribution in [0, 0.1) is 5.92 Å². The Morgan fingerprint density at radius 3 is 2.17 bits per heavy atom. The van der Waals surface area contributed by atoms with Gasteiger partial charge in [0.1, 0.15) is 0 Å². The highest BCUT2D eigenvalue weighted by Gasteiger charge is 2.01. The van der Waals surface area contributed by atoms with Gasteiger partial charge >= 0.3 is 0 Å². The Balaban J connectivity index is 3.61. The zero-order valence-corrected chi connectivity index (χ0v) is 8.85. The van der Waals surface area contributed by atoms with Crippen LogP contribution in [-0.2, 0) is 0 Å². The summed E-state index contributed by atoms with van der Waals surface area (Å²) in [5, 5.41) is 8.70. The molecule has 0 saturated carbocycles. The predicted molar refractivity (Wildman–Crippen MR) is 54.1 cm³/mol. The van der Waals surface area contributed by atoms with Gasteiger partial charge in [0.2, 0.25) is 0 Å². The molecule has 0 heterocycles. The van der Waals surface area contributed by atoms with E-state index in [1.165, 1.54) is 24.0 Å². The molecule has 0 aromatic rings. The first-order valence-electron chi connectivity index (χ1n) is 4.81. The van der Waals surface area contributed by atoms with Crippen LogP contribution < -0.4 is 0 Å². The van der Waals surface area contributed by atoms with Gasteiger partial charge < -0.3 is 5.11 Å². The van der Waals surface area contributed by atoms with E-state index in [1.54, 1.807) is 0 Å². The Morgan fingerprint density at radius 2 is 1.75 bits per heavy atom. The van der Waals surface area contributed by atoms with Crippen LogP contribution in [0.4, 0.5) is 0 Å². The molecule has 0 fully saturated rings. The molecule has 0 rings (SSSR count). The fourth-order valence-electron chi connectivity index (χ4n) is 1.08. The largest absolute Gasteiger partial charge is 0.396 e. The van der Waals surface area contributed by atoms with E-state index in [2.05, 4.69) is 27.7 Å². The summed E-state index contributed by atoms with van der Waals surface area (Å²) >= 11 is 0. The van der Waals surface area contributed by atoms with Gasteiger partial charge in [0, 0.05) is 6.61 Å². The van der Waals surface area contributed by atoms with Crippen molar-refractivity contribution in [3.63, 3.8) is 0 Å². The van der Waals surface area contributed by atoms with E-state index in [9.17, 15) is 0 Å². The highest BCUT2D eigenvalue weighted by molar-refractivity contribution is 5.06. The van der Waals surface area contributed by atoms with Crippen LogP contribution in [0.5, 0.6) is 0 Å². The fourth-order valence-corrected chi connectivity index (χ4v) is 1.08. The minimum absolute atomic E-state index is 0.328. The minimum Gasteiger partial charge on any atom is -0.396 e. The highest BCUT2D eigenvalue weighted by atomic mass is 16.2. The first-order valence-corrected chi connectivity index (χ1v) is 4.81. The van der Waals surface area contributed by atoms with Crippen LogP contribution in [0.3, 0.4) is 0 Å². The molecule has 0 aromatic heterocycles. The van der Waals surface area contributed by atoms with Gasteiger partial charge in [0.15, 0.2) is 0 Å². The summed E-state index contributed by atoms with van der Waals surface area (Å²) in [7, 11) is 0. The van der Waals surface area contributed by atoms with Gasteiger partial charge in [-0.3, -0.25) is 0 Å². The van der Waals surface area contributed by atoms with Crippen molar-refractivity contribution in [2.75, 3.05) is 6.61 Å². The van der Waals surface area contributed by atoms with E-state index in [-0.39, 0.29) is 0 Å². The first-order chi connectivity index (χ1) is 5.57. The van der Waals surface area contributed by atoms with E-state index >= 15 is 0 Å². The average Bonchev–Trinajstić information content (AvgIpc) is 2.00. The van der Waals surface area contributed by atoms with E-state index < -0.39 is 0 Å². The standard InChI is InChI=1S/C11H22O/c1-9(2)11(4)6-5-10(3)7-8-12/h10,12H,5-8H2,1-4H3/t10-/m1/s1. The highest BCUT2D eigenvalue weighted by Crippen LogP contribution is 2.16. The van der Waals surface area contributed by atoms with Crippen molar-refractivity contribution in [2.45, 2.75) is 47.0 Å². The van der Waals surface area contributed by atoms with Crippen molar-refractivity contribution in [2.24, 2.45) is 5.92 Å². The molecule has 0 spiro atoms. The molecule has 1 N–H and O–H groups in total.